The molecule has 0 aliphatic rings. The van der Waals surface area contributed by atoms with E-state index in [1.54, 1.807) is 0 Å². The zero-order valence-corrected chi connectivity index (χ0v) is 9.16. The maximum Gasteiger partial charge on any atom is 0.314 e. The van der Waals surface area contributed by atoms with E-state index in [9.17, 15) is 9.90 Å². The number of carboxylic acids is 1. The van der Waals surface area contributed by atoms with Gasteiger partial charge in [-0.05, 0) is 18.8 Å². The average molecular weight is 184 g/mol. The minimum Gasteiger partial charge on any atom is -0.481 e. The quantitative estimate of drug-likeness (QED) is 0.682. The van der Waals surface area contributed by atoms with Gasteiger partial charge in [-0.15, -0.1) is 0 Å². The summed E-state index contributed by atoms with van der Waals surface area (Å²) in [6.45, 7) is 9.67. The SMILES string of the molecule is CC=CC(C(=O)O)(C(C)C)C(C)C. The number of allylic oxidation sites excluding steroid dienone is 1. The number of rotatable bonds is 4. The lowest BCUT2D eigenvalue weighted by Gasteiger charge is -2.34. The van der Waals surface area contributed by atoms with Crippen LogP contribution in [-0.4, -0.2) is 11.1 Å². The van der Waals surface area contributed by atoms with E-state index < -0.39 is 11.4 Å². The first-order valence-electron chi connectivity index (χ1n) is 4.76. The first-order valence-corrected chi connectivity index (χ1v) is 4.76. The van der Waals surface area contributed by atoms with Gasteiger partial charge in [-0.3, -0.25) is 4.79 Å². The second-order valence-corrected chi connectivity index (χ2v) is 4.05. The second kappa shape index (κ2) is 4.45. The molecular formula is C11H20O2. The Morgan fingerprint density at radius 3 is 1.69 bits per heavy atom. The Morgan fingerprint density at radius 1 is 1.23 bits per heavy atom. The van der Waals surface area contributed by atoms with E-state index in [1.807, 2.05) is 46.8 Å². The lowest BCUT2D eigenvalue weighted by molar-refractivity contribution is -0.151. The van der Waals surface area contributed by atoms with Gasteiger partial charge in [-0.1, -0.05) is 39.8 Å². The molecule has 0 saturated carbocycles. The highest BCUT2D eigenvalue weighted by atomic mass is 16.4. The van der Waals surface area contributed by atoms with Gasteiger partial charge in [0.25, 0.3) is 0 Å². The Kier molecular flexibility index (Phi) is 4.18. The minimum absolute atomic E-state index is 0.112. The molecule has 76 valence electrons. The van der Waals surface area contributed by atoms with Crippen molar-refractivity contribution in [2.45, 2.75) is 34.6 Å². The van der Waals surface area contributed by atoms with Crippen LogP contribution in [0, 0.1) is 17.3 Å². The normalized spacial score (nSPS) is 13.2. The molecule has 0 unspecified atom stereocenters. The summed E-state index contributed by atoms with van der Waals surface area (Å²) >= 11 is 0. The molecule has 0 aliphatic heterocycles. The van der Waals surface area contributed by atoms with Gasteiger partial charge in [0, 0.05) is 0 Å². The molecule has 0 atom stereocenters. The van der Waals surface area contributed by atoms with Crippen molar-refractivity contribution in [1.29, 1.82) is 0 Å². The molecule has 0 aromatic heterocycles. The average Bonchev–Trinajstić information content (AvgIpc) is 1.97. The van der Waals surface area contributed by atoms with Crippen LogP contribution in [0.1, 0.15) is 34.6 Å². The topological polar surface area (TPSA) is 37.3 Å². The van der Waals surface area contributed by atoms with E-state index in [0.29, 0.717) is 0 Å². The molecule has 2 nitrogen and oxygen atoms in total. The van der Waals surface area contributed by atoms with Crippen LogP contribution in [0.15, 0.2) is 12.2 Å². The van der Waals surface area contributed by atoms with Crippen molar-refractivity contribution in [2.24, 2.45) is 17.3 Å². The highest BCUT2D eigenvalue weighted by molar-refractivity contribution is 5.77. The summed E-state index contributed by atoms with van der Waals surface area (Å²) in [7, 11) is 0. The molecular weight excluding hydrogens is 164 g/mol. The Bertz CT molecular complexity index is 194. The maximum absolute atomic E-state index is 11.2. The number of hydrogen-bond donors (Lipinski definition) is 1. The molecule has 0 saturated heterocycles. The fourth-order valence-electron chi connectivity index (χ4n) is 1.89. The van der Waals surface area contributed by atoms with Gasteiger partial charge in [-0.25, -0.2) is 0 Å². The molecule has 0 bridgehead atoms. The molecule has 0 radical (unpaired) electrons. The highest BCUT2D eigenvalue weighted by Crippen LogP contribution is 2.37. The maximum atomic E-state index is 11.2. The van der Waals surface area contributed by atoms with Gasteiger partial charge >= 0.3 is 5.97 Å². The summed E-state index contributed by atoms with van der Waals surface area (Å²) in [4.78, 5) is 11.2. The van der Waals surface area contributed by atoms with E-state index >= 15 is 0 Å². The number of aliphatic carboxylic acids is 1. The van der Waals surface area contributed by atoms with Gasteiger partial charge in [0.05, 0.1) is 5.41 Å². The zero-order valence-electron chi connectivity index (χ0n) is 9.16. The van der Waals surface area contributed by atoms with E-state index in [4.69, 9.17) is 0 Å². The first-order chi connectivity index (χ1) is 5.89. The van der Waals surface area contributed by atoms with Gasteiger partial charge in [0.15, 0.2) is 0 Å². The van der Waals surface area contributed by atoms with Gasteiger partial charge in [0.2, 0.25) is 0 Å². The third-order valence-corrected chi connectivity index (χ3v) is 2.72. The summed E-state index contributed by atoms with van der Waals surface area (Å²) < 4.78 is 0. The van der Waals surface area contributed by atoms with E-state index in [-0.39, 0.29) is 11.8 Å². The largest absolute Gasteiger partial charge is 0.481 e. The van der Waals surface area contributed by atoms with Crippen molar-refractivity contribution in [3.8, 4) is 0 Å². The van der Waals surface area contributed by atoms with Crippen molar-refractivity contribution >= 4 is 5.97 Å². The van der Waals surface area contributed by atoms with Crippen molar-refractivity contribution in [3.63, 3.8) is 0 Å². The van der Waals surface area contributed by atoms with Crippen LogP contribution in [0.4, 0.5) is 0 Å². The summed E-state index contributed by atoms with van der Waals surface area (Å²) in [5.41, 5.74) is -0.714. The lowest BCUT2D eigenvalue weighted by Crippen LogP contribution is -2.39. The van der Waals surface area contributed by atoms with Crippen LogP contribution in [-0.2, 0) is 4.79 Å². The molecule has 2 heteroatoms. The summed E-state index contributed by atoms with van der Waals surface area (Å²) in [6.07, 6.45) is 3.64. The molecule has 0 aromatic carbocycles. The molecule has 0 spiro atoms. The lowest BCUT2D eigenvalue weighted by atomic mass is 9.69. The number of carboxylic acid groups (broad SMARTS) is 1. The minimum atomic E-state index is -0.726. The van der Waals surface area contributed by atoms with Crippen molar-refractivity contribution in [2.75, 3.05) is 0 Å². The third kappa shape index (κ3) is 2.11. The van der Waals surface area contributed by atoms with Crippen LogP contribution in [0.25, 0.3) is 0 Å². The van der Waals surface area contributed by atoms with Gasteiger partial charge in [-0.2, -0.15) is 0 Å². The fourth-order valence-corrected chi connectivity index (χ4v) is 1.89. The predicted octanol–water partition coefficient (Wildman–Crippen LogP) is 2.95. The Morgan fingerprint density at radius 2 is 1.62 bits per heavy atom. The van der Waals surface area contributed by atoms with Crippen molar-refractivity contribution < 1.29 is 9.90 Å². The third-order valence-electron chi connectivity index (χ3n) is 2.72. The van der Waals surface area contributed by atoms with E-state index in [0.717, 1.165) is 0 Å². The van der Waals surface area contributed by atoms with Crippen LogP contribution in [0.2, 0.25) is 0 Å². The van der Waals surface area contributed by atoms with Crippen molar-refractivity contribution in [1.82, 2.24) is 0 Å². The standard InChI is InChI=1S/C11H20O2/c1-6-7-11(8(2)3,9(4)5)10(12)13/h6-9H,1-5H3,(H,12,13). The van der Waals surface area contributed by atoms with Gasteiger partial charge < -0.3 is 5.11 Å². The van der Waals surface area contributed by atoms with Crippen LogP contribution in [0.3, 0.4) is 0 Å². The van der Waals surface area contributed by atoms with Crippen LogP contribution >= 0.6 is 0 Å². The first kappa shape index (κ1) is 12.2. The van der Waals surface area contributed by atoms with Crippen LogP contribution < -0.4 is 0 Å². The second-order valence-electron chi connectivity index (χ2n) is 4.05. The highest BCUT2D eigenvalue weighted by Gasteiger charge is 2.41. The summed E-state index contributed by atoms with van der Waals surface area (Å²) in [6, 6.07) is 0. The molecule has 0 rings (SSSR count). The van der Waals surface area contributed by atoms with E-state index in [1.165, 1.54) is 0 Å². The smallest absolute Gasteiger partial charge is 0.314 e. The zero-order chi connectivity index (χ0) is 10.6. The monoisotopic (exact) mass is 184 g/mol. The molecule has 0 aromatic rings. The Labute approximate surface area is 80.7 Å². The van der Waals surface area contributed by atoms with Crippen LogP contribution in [0.5, 0.6) is 0 Å². The molecule has 1 N–H and O–H groups in total. The fraction of sp³-hybridized carbons (Fsp3) is 0.727. The Balaban J connectivity index is 5.18. The molecule has 0 amide bonds. The number of carbonyl (C=O) groups is 1. The van der Waals surface area contributed by atoms with Gasteiger partial charge in [0.1, 0.15) is 0 Å². The predicted molar refractivity (Wildman–Crippen MR) is 54.6 cm³/mol. The van der Waals surface area contributed by atoms with E-state index in [2.05, 4.69) is 0 Å². The summed E-state index contributed by atoms with van der Waals surface area (Å²) in [5.74, 6) is -0.502. The summed E-state index contributed by atoms with van der Waals surface area (Å²) in [5, 5.41) is 9.24. The molecule has 0 fully saturated rings. The number of hydrogen-bond acceptors (Lipinski definition) is 1. The molecule has 13 heavy (non-hydrogen) atoms. The molecule has 0 aliphatic carbocycles. The molecule has 0 heterocycles. The van der Waals surface area contributed by atoms with Crippen molar-refractivity contribution in [3.05, 3.63) is 12.2 Å². The Hall–Kier alpha value is -0.790.